The van der Waals surface area contributed by atoms with Crippen LogP contribution in [0.5, 0.6) is 0 Å². The fraction of sp³-hybridized carbons (Fsp3) is 0.538. The van der Waals surface area contributed by atoms with Gasteiger partial charge in [-0.2, -0.15) is 5.10 Å². The Hall–Kier alpha value is -1.62. The van der Waals surface area contributed by atoms with E-state index in [2.05, 4.69) is 33.8 Å². The van der Waals surface area contributed by atoms with Crippen molar-refractivity contribution in [2.75, 3.05) is 7.05 Å². The van der Waals surface area contributed by atoms with Crippen molar-refractivity contribution in [3.05, 3.63) is 35.2 Å². The van der Waals surface area contributed by atoms with E-state index in [1.807, 2.05) is 38.1 Å². The van der Waals surface area contributed by atoms with Gasteiger partial charge in [-0.3, -0.25) is 4.68 Å². The summed E-state index contributed by atoms with van der Waals surface area (Å²) in [5, 5.41) is 7.84. The monoisotopic (exact) mass is 247 g/mol. The van der Waals surface area contributed by atoms with Gasteiger partial charge in [-0.15, -0.1) is 0 Å². The van der Waals surface area contributed by atoms with Gasteiger partial charge in [0, 0.05) is 37.2 Å². The highest BCUT2D eigenvalue weighted by atomic mass is 15.3. The lowest BCUT2D eigenvalue weighted by atomic mass is 10.0. The first-order valence-corrected chi connectivity index (χ1v) is 6.28. The lowest BCUT2D eigenvalue weighted by Crippen LogP contribution is -2.23. The molecule has 98 valence electrons. The number of imidazole rings is 1. The number of aryl methyl sites for hydroxylation is 3. The minimum Gasteiger partial charge on any atom is -0.334 e. The number of aromatic nitrogens is 4. The van der Waals surface area contributed by atoms with E-state index in [1.54, 1.807) is 0 Å². The molecule has 5 nitrogen and oxygen atoms in total. The Morgan fingerprint density at radius 1 is 1.39 bits per heavy atom. The molecular weight excluding hydrogens is 226 g/mol. The molecule has 0 amide bonds. The summed E-state index contributed by atoms with van der Waals surface area (Å²) in [6.45, 7) is 7.19. The molecule has 0 bridgehead atoms. The summed E-state index contributed by atoms with van der Waals surface area (Å²) in [6.07, 6.45) is 3.87. The predicted octanol–water partition coefficient (Wildman–Crippen LogP) is 1.56. The van der Waals surface area contributed by atoms with E-state index in [0.29, 0.717) is 0 Å². The predicted molar refractivity (Wildman–Crippen MR) is 71.5 cm³/mol. The first kappa shape index (κ1) is 12.8. The molecule has 0 aliphatic carbocycles. The van der Waals surface area contributed by atoms with Gasteiger partial charge in [-0.25, -0.2) is 4.98 Å². The Kier molecular flexibility index (Phi) is 3.52. The first-order chi connectivity index (χ1) is 8.60. The molecule has 0 radical (unpaired) electrons. The van der Waals surface area contributed by atoms with Crippen LogP contribution in [0.15, 0.2) is 12.4 Å². The molecule has 18 heavy (non-hydrogen) atoms. The van der Waals surface area contributed by atoms with Crippen LogP contribution in [0.1, 0.15) is 35.7 Å². The standard InChI is InChI=1S/C13H21N5/c1-6-18-8-7-15-13(18)12(14-4)11-9(2)16-17(5)10(11)3/h7-8,12,14H,6H2,1-5H3. The molecule has 2 heterocycles. The molecule has 0 saturated carbocycles. The third kappa shape index (κ3) is 1.95. The Morgan fingerprint density at radius 3 is 2.61 bits per heavy atom. The third-order valence-corrected chi connectivity index (χ3v) is 3.49. The third-order valence-electron chi connectivity index (χ3n) is 3.49. The van der Waals surface area contributed by atoms with Crippen molar-refractivity contribution in [1.82, 2.24) is 24.6 Å². The second kappa shape index (κ2) is 4.94. The van der Waals surface area contributed by atoms with Gasteiger partial charge >= 0.3 is 0 Å². The minimum absolute atomic E-state index is 0.0913. The van der Waals surface area contributed by atoms with Crippen molar-refractivity contribution >= 4 is 0 Å². The number of hydrogen-bond acceptors (Lipinski definition) is 3. The summed E-state index contributed by atoms with van der Waals surface area (Å²) in [5.74, 6) is 1.04. The van der Waals surface area contributed by atoms with Crippen molar-refractivity contribution in [1.29, 1.82) is 0 Å². The summed E-state index contributed by atoms with van der Waals surface area (Å²) in [6, 6.07) is 0.0913. The van der Waals surface area contributed by atoms with Crippen molar-refractivity contribution in [3.8, 4) is 0 Å². The highest BCUT2D eigenvalue weighted by molar-refractivity contribution is 5.32. The van der Waals surface area contributed by atoms with Gasteiger partial charge in [0.15, 0.2) is 0 Å². The van der Waals surface area contributed by atoms with Crippen LogP contribution in [0.3, 0.4) is 0 Å². The molecule has 0 aliphatic heterocycles. The van der Waals surface area contributed by atoms with Crippen molar-refractivity contribution < 1.29 is 0 Å². The SMILES string of the molecule is CCn1ccnc1C(NC)c1c(C)nn(C)c1C. The number of hydrogen-bond donors (Lipinski definition) is 1. The van der Waals surface area contributed by atoms with Crippen LogP contribution in [0, 0.1) is 13.8 Å². The molecule has 0 spiro atoms. The highest BCUT2D eigenvalue weighted by Crippen LogP contribution is 2.26. The van der Waals surface area contributed by atoms with E-state index >= 15 is 0 Å². The summed E-state index contributed by atoms with van der Waals surface area (Å²) in [4.78, 5) is 4.49. The molecule has 5 heteroatoms. The number of nitrogens with zero attached hydrogens (tertiary/aromatic N) is 4. The molecule has 2 aromatic heterocycles. The molecule has 0 aromatic carbocycles. The molecule has 0 fully saturated rings. The lowest BCUT2D eigenvalue weighted by molar-refractivity contribution is 0.585. The van der Waals surface area contributed by atoms with E-state index in [4.69, 9.17) is 0 Å². The van der Waals surface area contributed by atoms with Crippen molar-refractivity contribution in [3.63, 3.8) is 0 Å². The second-order valence-electron chi connectivity index (χ2n) is 4.50. The van der Waals surface area contributed by atoms with Crippen LogP contribution in [-0.2, 0) is 13.6 Å². The van der Waals surface area contributed by atoms with E-state index in [0.717, 1.165) is 18.1 Å². The smallest absolute Gasteiger partial charge is 0.130 e. The largest absolute Gasteiger partial charge is 0.334 e. The number of rotatable bonds is 4. The van der Waals surface area contributed by atoms with Gasteiger partial charge in [0.1, 0.15) is 5.82 Å². The minimum atomic E-state index is 0.0913. The normalized spacial score (nSPS) is 12.9. The maximum absolute atomic E-state index is 4.49. The Morgan fingerprint density at radius 2 is 2.11 bits per heavy atom. The molecule has 2 rings (SSSR count). The van der Waals surface area contributed by atoms with Crippen LogP contribution in [0.2, 0.25) is 0 Å². The Balaban J connectivity index is 2.52. The topological polar surface area (TPSA) is 47.7 Å². The molecule has 0 saturated heterocycles. The van der Waals surface area contributed by atoms with Gasteiger partial charge in [0.2, 0.25) is 0 Å². The molecule has 1 unspecified atom stereocenters. The maximum Gasteiger partial charge on any atom is 0.130 e. The van der Waals surface area contributed by atoms with Crippen LogP contribution < -0.4 is 5.32 Å². The molecule has 0 aliphatic rings. The second-order valence-corrected chi connectivity index (χ2v) is 4.50. The van der Waals surface area contributed by atoms with Crippen molar-refractivity contribution in [2.45, 2.75) is 33.4 Å². The average molecular weight is 247 g/mol. The Labute approximate surface area is 108 Å². The zero-order chi connectivity index (χ0) is 13.3. The van der Waals surface area contributed by atoms with Crippen LogP contribution in [-0.4, -0.2) is 26.4 Å². The molecule has 2 aromatic rings. The van der Waals surface area contributed by atoms with Gasteiger partial charge < -0.3 is 9.88 Å². The molecule has 1 atom stereocenters. The van der Waals surface area contributed by atoms with Crippen LogP contribution >= 0.6 is 0 Å². The Bertz CT molecular complexity index is 538. The van der Waals surface area contributed by atoms with E-state index in [1.165, 1.54) is 11.3 Å². The lowest BCUT2D eigenvalue weighted by Gasteiger charge is -2.18. The molecule has 1 N–H and O–H groups in total. The van der Waals surface area contributed by atoms with E-state index < -0.39 is 0 Å². The van der Waals surface area contributed by atoms with Gasteiger partial charge in [-0.1, -0.05) is 0 Å². The van der Waals surface area contributed by atoms with Gasteiger partial charge in [0.05, 0.1) is 11.7 Å². The summed E-state index contributed by atoms with van der Waals surface area (Å²) < 4.78 is 4.08. The quantitative estimate of drug-likeness (QED) is 0.892. The van der Waals surface area contributed by atoms with Gasteiger partial charge in [0.25, 0.3) is 0 Å². The average Bonchev–Trinajstić information content (AvgIpc) is 2.90. The van der Waals surface area contributed by atoms with Crippen LogP contribution in [0.4, 0.5) is 0 Å². The summed E-state index contributed by atoms with van der Waals surface area (Å²) in [5.41, 5.74) is 3.46. The fourth-order valence-electron chi connectivity index (χ4n) is 2.46. The highest BCUT2D eigenvalue weighted by Gasteiger charge is 2.23. The zero-order valence-corrected chi connectivity index (χ0v) is 11.7. The maximum atomic E-state index is 4.49. The van der Waals surface area contributed by atoms with Crippen molar-refractivity contribution in [2.24, 2.45) is 7.05 Å². The van der Waals surface area contributed by atoms with Crippen LogP contribution in [0.25, 0.3) is 0 Å². The van der Waals surface area contributed by atoms with Gasteiger partial charge in [-0.05, 0) is 27.8 Å². The summed E-state index contributed by atoms with van der Waals surface area (Å²) >= 11 is 0. The number of nitrogens with one attached hydrogen (secondary N) is 1. The molecular formula is C13H21N5. The van der Waals surface area contributed by atoms with E-state index in [9.17, 15) is 0 Å². The summed E-state index contributed by atoms with van der Waals surface area (Å²) in [7, 11) is 3.94. The first-order valence-electron chi connectivity index (χ1n) is 6.28. The van der Waals surface area contributed by atoms with E-state index in [-0.39, 0.29) is 6.04 Å². The zero-order valence-electron chi connectivity index (χ0n) is 11.7. The fourth-order valence-corrected chi connectivity index (χ4v) is 2.46.